The third kappa shape index (κ3) is 3.15. The summed E-state index contributed by atoms with van der Waals surface area (Å²) in [5.41, 5.74) is 0.176. The number of nitrogens with one attached hydrogen (secondary N) is 1. The molecule has 1 amide bonds. The third-order valence-corrected chi connectivity index (χ3v) is 3.95. The Hall–Kier alpha value is -1.36. The van der Waals surface area contributed by atoms with Crippen molar-refractivity contribution in [2.45, 2.75) is 45.4 Å². The van der Waals surface area contributed by atoms with Gasteiger partial charge in [-0.1, -0.05) is 31.8 Å². The van der Waals surface area contributed by atoms with Crippen molar-refractivity contribution in [1.29, 1.82) is 0 Å². The molecule has 1 fully saturated rings. The number of nitrogens with zero attached hydrogens (tertiary/aromatic N) is 1. The van der Waals surface area contributed by atoms with Crippen LogP contribution in [-0.2, 0) is 0 Å². The van der Waals surface area contributed by atoms with Crippen LogP contribution in [0.4, 0.5) is 0 Å². The van der Waals surface area contributed by atoms with Crippen LogP contribution in [0.2, 0.25) is 0 Å². The zero-order valence-corrected chi connectivity index (χ0v) is 11.6. The average molecular weight is 266 g/mol. The van der Waals surface area contributed by atoms with Gasteiger partial charge in [0.2, 0.25) is 0 Å². The molecular weight excluding hydrogens is 244 g/mol. The second-order valence-electron chi connectivity index (χ2n) is 5.82. The van der Waals surface area contributed by atoms with E-state index in [0.29, 0.717) is 18.0 Å². The minimum absolute atomic E-state index is 0.128. The fraction of sp³-hybridized carbons (Fsp3) is 0.714. The Labute approximate surface area is 113 Å². The molecule has 5 nitrogen and oxygen atoms in total. The molecular formula is C14H22N2O3. The Morgan fingerprint density at radius 2 is 2.21 bits per heavy atom. The summed E-state index contributed by atoms with van der Waals surface area (Å²) in [5, 5.41) is 16.1. The molecule has 19 heavy (non-hydrogen) atoms. The third-order valence-electron chi connectivity index (χ3n) is 3.95. The van der Waals surface area contributed by atoms with Crippen LogP contribution in [0.25, 0.3) is 0 Å². The second kappa shape index (κ2) is 5.74. The summed E-state index contributed by atoms with van der Waals surface area (Å²) < 4.78 is 5.11. The van der Waals surface area contributed by atoms with Gasteiger partial charge in [-0.2, -0.15) is 0 Å². The van der Waals surface area contributed by atoms with Crippen LogP contribution >= 0.6 is 0 Å². The van der Waals surface area contributed by atoms with Gasteiger partial charge in [-0.3, -0.25) is 4.79 Å². The van der Waals surface area contributed by atoms with Crippen molar-refractivity contribution in [3.05, 3.63) is 17.5 Å². The summed E-state index contributed by atoms with van der Waals surface area (Å²) in [5.74, 6) is 0.700. The standard InChI is InChI=1S/C14H22N2O3/c1-10(2)12-7-11(16-19-12)13(18)15-8-14(9-17)5-3-4-6-14/h7,10,17H,3-6,8-9H2,1-2H3,(H,15,18). The largest absolute Gasteiger partial charge is 0.396 e. The zero-order valence-electron chi connectivity index (χ0n) is 11.6. The van der Waals surface area contributed by atoms with Crippen LogP contribution in [0.3, 0.4) is 0 Å². The summed E-state index contributed by atoms with van der Waals surface area (Å²) in [6.45, 7) is 4.61. The number of carbonyl (C=O) groups excluding carboxylic acids is 1. The summed E-state index contributed by atoms with van der Waals surface area (Å²) >= 11 is 0. The molecule has 0 aliphatic heterocycles. The van der Waals surface area contributed by atoms with E-state index in [4.69, 9.17) is 4.52 Å². The van der Waals surface area contributed by atoms with Gasteiger partial charge >= 0.3 is 0 Å². The minimum Gasteiger partial charge on any atom is -0.396 e. The van der Waals surface area contributed by atoms with Gasteiger partial charge in [0.15, 0.2) is 5.69 Å². The maximum atomic E-state index is 12.0. The van der Waals surface area contributed by atoms with Crippen LogP contribution in [0.5, 0.6) is 0 Å². The maximum absolute atomic E-state index is 12.0. The molecule has 0 saturated heterocycles. The number of aliphatic hydroxyl groups is 1. The summed E-state index contributed by atoms with van der Waals surface area (Å²) in [7, 11) is 0. The first kappa shape index (κ1) is 14.1. The van der Waals surface area contributed by atoms with Crippen LogP contribution < -0.4 is 5.32 Å². The molecule has 1 aromatic heterocycles. The molecule has 106 valence electrons. The molecule has 1 aliphatic carbocycles. The molecule has 0 radical (unpaired) electrons. The van der Waals surface area contributed by atoms with Crippen LogP contribution in [-0.4, -0.2) is 29.3 Å². The van der Waals surface area contributed by atoms with Crippen molar-refractivity contribution in [1.82, 2.24) is 10.5 Å². The van der Waals surface area contributed by atoms with E-state index in [-0.39, 0.29) is 23.8 Å². The van der Waals surface area contributed by atoms with E-state index in [1.54, 1.807) is 6.07 Å². The molecule has 0 aromatic carbocycles. The highest BCUT2D eigenvalue weighted by Gasteiger charge is 2.33. The lowest BCUT2D eigenvalue weighted by Crippen LogP contribution is -2.38. The van der Waals surface area contributed by atoms with Gasteiger partial charge in [-0.25, -0.2) is 0 Å². The Balaban J connectivity index is 1.93. The maximum Gasteiger partial charge on any atom is 0.273 e. The summed E-state index contributed by atoms with van der Waals surface area (Å²) in [4.78, 5) is 12.0. The van der Waals surface area contributed by atoms with E-state index in [1.807, 2.05) is 13.8 Å². The van der Waals surface area contributed by atoms with Crippen molar-refractivity contribution < 1.29 is 14.4 Å². The number of rotatable bonds is 5. The van der Waals surface area contributed by atoms with E-state index in [9.17, 15) is 9.90 Å². The van der Waals surface area contributed by atoms with Gasteiger partial charge in [-0.15, -0.1) is 0 Å². The second-order valence-corrected chi connectivity index (χ2v) is 5.82. The van der Waals surface area contributed by atoms with Crippen molar-refractivity contribution in [3.63, 3.8) is 0 Å². The zero-order chi connectivity index (χ0) is 13.9. The van der Waals surface area contributed by atoms with Gasteiger partial charge in [0.1, 0.15) is 5.76 Å². The highest BCUT2D eigenvalue weighted by atomic mass is 16.5. The van der Waals surface area contributed by atoms with E-state index >= 15 is 0 Å². The first-order valence-electron chi connectivity index (χ1n) is 6.92. The van der Waals surface area contributed by atoms with Crippen LogP contribution in [0, 0.1) is 5.41 Å². The molecule has 0 spiro atoms. The SMILES string of the molecule is CC(C)c1cc(C(=O)NCC2(CO)CCCC2)no1. The molecule has 2 N–H and O–H groups in total. The van der Waals surface area contributed by atoms with Gasteiger partial charge in [0, 0.05) is 23.9 Å². The Kier molecular flexibility index (Phi) is 4.24. The number of amides is 1. The molecule has 1 saturated carbocycles. The molecule has 1 heterocycles. The molecule has 0 unspecified atom stereocenters. The van der Waals surface area contributed by atoms with Gasteiger partial charge in [-0.05, 0) is 12.8 Å². The fourth-order valence-electron chi connectivity index (χ4n) is 2.54. The number of aliphatic hydroxyl groups excluding tert-OH is 1. The lowest BCUT2D eigenvalue weighted by Gasteiger charge is -2.26. The molecule has 2 rings (SSSR count). The summed E-state index contributed by atoms with van der Waals surface area (Å²) in [6.07, 6.45) is 4.19. The first-order valence-corrected chi connectivity index (χ1v) is 6.92. The van der Waals surface area contributed by atoms with Gasteiger partial charge < -0.3 is 14.9 Å². The molecule has 1 aliphatic rings. The van der Waals surface area contributed by atoms with Crippen LogP contribution in [0.15, 0.2) is 10.6 Å². The fourth-order valence-corrected chi connectivity index (χ4v) is 2.54. The molecule has 1 aromatic rings. The monoisotopic (exact) mass is 266 g/mol. The number of hydrogen-bond donors (Lipinski definition) is 2. The minimum atomic E-state index is -0.227. The quantitative estimate of drug-likeness (QED) is 0.855. The van der Waals surface area contributed by atoms with Gasteiger partial charge in [0.25, 0.3) is 5.91 Å². The Morgan fingerprint density at radius 1 is 1.53 bits per heavy atom. The highest BCUT2D eigenvalue weighted by Crippen LogP contribution is 2.36. The lowest BCUT2D eigenvalue weighted by molar-refractivity contribution is 0.0872. The van der Waals surface area contributed by atoms with Crippen molar-refractivity contribution in [3.8, 4) is 0 Å². The van der Waals surface area contributed by atoms with Gasteiger partial charge in [0.05, 0.1) is 6.61 Å². The number of carbonyl (C=O) groups is 1. The number of aromatic nitrogens is 1. The molecule has 5 heteroatoms. The van der Waals surface area contributed by atoms with Crippen molar-refractivity contribution in [2.24, 2.45) is 5.41 Å². The van der Waals surface area contributed by atoms with Crippen molar-refractivity contribution >= 4 is 5.91 Å². The van der Waals surface area contributed by atoms with E-state index in [2.05, 4.69) is 10.5 Å². The predicted octanol–water partition coefficient (Wildman–Crippen LogP) is 2.08. The normalized spacial score (nSPS) is 17.9. The topological polar surface area (TPSA) is 75.4 Å². The van der Waals surface area contributed by atoms with E-state index in [1.165, 1.54) is 0 Å². The summed E-state index contributed by atoms with van der Waals surface area (Å²) in [6, 6.07) is 1.68. The number of hydrogen-bond acceptors (Lipinski definition) is 4. The highest BCUT2D eigenvalue weighted by molar-refractivity contribution is 5.92. The molecule has 0 atom stereocenters. The lowest BCUT2D eigenvalue weighted by atomic mass is 9.87. The molecule has 0 bridgehead atoms. The van der Waals surface area contributed by atoms with E-state index < -0.39 is 0 Å². The average Bonchev–Trinajstić information content (AvgIpc) is 3.06. The van der Waals surface area contributed by atoms with Crippen LogP contribution in [0.1, 0.15) is 61.7 Å². The first-order chi connectivity index (χ1) is 9.06. The Bertz CT molecular complexity index is 434. The smallest absolute Gasteiger partial charge is 0.273 e. The predicted molar refractivity (Wildman–Crippen MR) is 70.9 cm³/mol. The van der Waals surface area contributed by atoms with Crippen molar-refractivity contribution in [2.75, 3.05) is 13.2 Å². The Morgan fingerprint density at radius 3 is 2.74 bits per heavy atom. The van der Waals surface area contributed by atoms with E-state index in [0.717, 1.165) is 25.7 Å².